The van der Waals surface area contributed by atoms with Crippen LogP contribution in [0.4, 0.5) is 0 Å². The van der Waals surface area contributed by atoms with E-state index < -0.39 is 0 Å². The number of nitrogens with zero attached hydrogens (tertiary/aromatic N) is 2. The number of hydrogen-bond acceptors (Lipinski definition) is 0. The molecule has 0 atom stereocenters. The predicted molar refractivity (Wildman–Crippen MR) is 155 cm³/mol. The maximum atomic E-state index is 2.45. The molecule has 0 amide bonds. The fourth-order valence-electron chi connectivity index (χ4n) is 4.98. The van der Waals surface area contributed by atoms with Gasteiger partial charge in [-0.15, -0.1) is 0 Å². The Morgan fingerprint density at radius 3 is 1.08 bits per heavy atom. The summed E-state index contributed by atoms with van der Waals surface area (Å²) >= 11 is 0. The van der Waals surface area contributed by atoms with Crippen LogP contribution in [0.25, 0.3) is 0 Å². The third kappa shape index (κ3) is 20.5. The summed E-state index contributed by atoms with van der Waals surface area (Å²) in [4.78, 5) is 0. The largest absolute Gasteiger partial charge is 1.00 e. The second-order valence-electron chi connectivity index (χ2n) is 11.1. The summed E-state index contributed by atoms with van der Waals surface area (Å²) in [6.07, 6.45) is 16.2. The summed E-state index contributed by atoms with van der Waals surface area (Å²) < 4.78 is 2.62. The van der Waals surface area contributed by atoms with Gasteiger partial charge in [0.05, 0.1) is 46.3 Å². The van der Waals surface area contributed by atoms with E-state index in [0.29, 0.717) is 0 Å². The van der Waals surface area contributed by atoms with Crippen LogP contribution in [-0.2, 0) is 6.54 Å². The van der Waals surface area contributed by atoms with Gasteiger partial charge in [-0.2, -0.15) is 0 Å². The highest BCUT2D eigenvalue weighted by Gasteiger charge is 2.26. The molecular weight excluding hydrogens is 666 g/mol. The Labute approximate surface area is 262 Å². The Bertz CT molecular complexity index is 507. The quantitative estimate of drug-likeness (QED) is 0.143. The maximum Gasteiger partial charge on any atom is 0.104 e. The minimum absolute atomic E-state index is 0. The van der Waals surface area contributed by atoms with E-state index in [4.69, 9.17) is 0 Å². The summed E-state index contributed by atoms with van der Waals surface area (Å²) in [5.74, 6) is 0. The maximum absolute atomic E-state index is 2.45. The normalized spacial score (nSPS) is 11.2. The second-order valence-corrected chi connectivity index (χ2v) is 11.1. The summed E-state index contributed by atoms with van der Waals surface area (Å²) in [7, 11) is 2.45. The van der Waals surface area contributed by atoms with Crippen LogP contribution in [0.15, 0.2) is 30.3 Å². The van der Waals surface area contributed by atoms with E-state index in [2.05, 4.69) is 78.9 Å². The predicted octanol–water partition coefficient (Wildman–Crippen LogP) is 3.25. The van der Waals surface area contributed by atoms with Gasteiger partial charge >= 0.3 is 0 Å². The van der Waals surface area contributed by atoms with Crippen LogP contribution in [0.5, 0.6) is 0 Å². The molecule has 0 heterocycles. The SMILES string of the molecule is CCCC[N+](C)(CCCC)CCCC.CCCC[N+](CCCC)(CCCC)Cc1ccccc1.[I-].[I-]. The van der Waals surface area contributed by atoms with Crippen LogP contribution in [0.1, 0.15) is 124 Å². The number of rotatable bonds is 20. The fourth-order valence-corrected chi connectivity index (χ4v) is 4.98. The zero-order valence-electron chi connectivity index (χ0n) is 25.5. The molecular formula is C32H64I2N2. The molecule has 0 bridgehead atoms. The Morgan fingerprint density at radius 2 is 0.778 bits per heavy atom. The minimum atomic E-state index is 0. The molecule has 1 aromatic carbocycles. The second kappa shape index (κ2) is 27.2. The summed E-state index contributed by atoms with van der Waals surface area (Å²) in [6.45, 7) is 23.3. The van der Waals surface area contributed by atoms with Crippen molar-refractivity contribution in [2.24, 2.45) is 0 Å². The molecule has 0 fully saturated rings. The number of halogens is 2. The number of benzene rings is 1. The fraction of sp³-hybridized carbons (Fsp3) is 0.812. The Hall–Kier alpha value is 0.600. The molecule has 1 rings (SSSR count). The summed E-state index contributed by atoms with van der Waals surface area (Å²) in [5.41, 5.74) is 1.51. The lowest BCUT2D eigenvalue weighted by Crippen LogP contribution is -3.00. The third-order valence-corrected chi connectivity index (χ3v) is 7.47. The van der Waals surface area contributed by atoms with Gasteiger partial charge in [0.1, 0.15) is 6.54 Å². The first kappa shape index (κ1) is 41.1. The minimum Gasteiger partial charge on any atom is -1.00 e. The molecule has 36 heavy (non-hydrogen) atoms. The molecule has 216 valence electrons. The molecule has 0 aliphatic rings. The van der Waals surface area contributed by atoms with Gasteiger partial charge in [0, 0.05) is 5.56 Å². The highest BCUT2D eigenvalue weighted by Crippen LogP contribution is 2.20. The van der Waals surface area contributed by atoms with E-state index in [0.717, 1.165) is 0 Å². The molecule has 0 saturated heterocycles. The zero-order chi connectivity index (χ0) is 25.5. The van der Waals surface area contributed by atoms with Crippen molar-refractivity contribution >= 4 is 0 Å². The lowest BCUT2D eigenvalue weighted by atomic mass is 10.1. The Kier molecular flexibility index (Phi) is 31.0. The van der Waals surface area contributed by atoms with Gasteiger partial charge in [0.15, 0.2) is 0 Å². The first-order valence-corrected chi connectivity index (χ1v) is 15.2. The molecule has 0 aliphatic carbocycles. The topological polar surface area (TPSA) is 0 Å². The van der Waals surface area contributed by atoms with E-state index in [1.165, 1.54) is 137 Å². The highest BCUT2D eigenvalue weighted by molar-refractivity contribution is 5.13. The van der Waals surface area contributed by atoms with Crippen molar-refractivity contribution in [3.05, 3.63) is 35.9 Å². The van der Waals surface area contributed by atoms with E-state index >= 15 is 0 Å². The van der Waals surface area contributed by atoms with Crippen molar-refractivity contribution in [2.75, 3.05) is 46.3 Å². The number of hydrogen-bond donors (Lipinski definition) is 0. The monoisotopic (exact) mass is 730 g/mol. The molecule has 0 radical (unpaired) electrons. The van der Waals surface area contributed by atoms with Crippen molar-refractivity contribution in [1.29, 1.82) is 0 Å². The van der Waals surface area contributed by atoms with Gasteiger partial charge in [-0.05, 0) is 38.5 Å². The van der Waals surface area contributed by atoms with Crippen molar-refractivity contribution in [2.45, 2.75) is 125 Å². The van der Waals surface area contributed by atoms with E-state index in [1.54, 1.807) is 0 Å². The van der Waals surface area contributed by atoms with E-state index in [9.17, 15) is 0 Å². The highest BCUT2D eigenvalue weighted by atomic mass is 127. The molecule has 0 aliphatic heterocycles. The van der Waals surface area contributed by atoms with Gasteiger partial charge < -0.3 is 56.9 Å². The van der Waals surface area contributed by atoms with Crippen LogP contribution in [0, 0.1) is 0 Å². The van der Waals surface area contributed by atoms with E-state index in [1.807, 2.05) is 0 Å². The summed E-state index contributed by atoms with van der Waals surface area (Å²) in [5, 5.41) is 0. The summed E-state index contributed by atoms with van der Waals surface area (Å²) in [6, 6.07) is 11.1. The third-order valence-electron chi connectivity index (χ3n) is 7.47. The smallest absolute Gasteiger partial charge is 0.104 e. The van der Waals surface area contributed by atoms with Crippen LogP contribution < -0.4 is 48.0 Å². The van der Waals surface area contributed by atoms with Crippen molar-refractivity contribution in [1.82, 2.24) is 0 Å². The molecule has 0 aromatic heterocycles. The zero-order valence-corrected chi connectivity index (χ0v) is 29.8. The number of unbranched alkanes of at least 4 members (excludes halogenated alkanes) is 6. The lowest BCUT2D eigenvalue weighted by molar-refractivity contribution is -0.941. The standard InChI is InChI=1S/C19H34N.C13H30N.2HI/c1-4-7-15-20(16-8-5-2,17-9-6-3)18-19-13-11-10-12-14-19;1-5-8-11-14(4,12-9-6-2)13-10-7-3;;/h10-14H,4-9,15-18H2,1-3H3;5-13H2,1-4H3;2*1H/q2*+1;;/p-2. The van der Waals surface area contributed by atoms with Gasteiger partial charge in [-0.3, -0.25) is 0 Å². The molecule has 2 nitrogen and oxygen atoms in total. The van der Waals surface area contributed by atoms with Crippen LogP contribution in [0.3, 0.4) is 0 Å². The molecule has 0 unspecified atom stereocenters. The van der Waals surface area contributed by atoms with E-state index in [-0.39, 0.29) is 48.0 Å². The first-order valence-electron chi connectivity index (χ1n) is 15.2. The van der Waals surface area contributed by atoms with Gasteiger partial charge in [0.2, 0.25) is 0 Å². The van der Waals surface area contributed by atoms with Crippen LogP contribution in [-0.4, -0.2) is 55.3 Å². The number of quaternary nitrogens is 2. The molecule has 1 aromatic rings. The van der Waals surface area contributed by atoms with Crippen molar-refractivity contribution < 1.29 is 56.9 Å². The first-order chi connectivity index (χ1) is 16.4. The van der Waals surface area contributed by atoms with Gasteiger partial charge in [-0.25, -0.2) is 0 Å². The van der Waals surface area contributed by atoms with Gasteiger partial charge in [-0.1, -0.05) is 110 Å². The van der Waals surface area contributed by atoms with Crippen LogP contribution in [0.2, 0.25) is 0 Å². The molecule has 0 saturated carbocycles. The van der Waals surface area contributed by atoms with Crippen LogP contribution >= 0.6 is 0 Å². The Balaban J connectivity index is -0.000000607. The van der Waals surface area contributed by atoms with Crippen molar-refractivity contribution in [3.63, 3.8) is 0 Å². The van der Waals surface area contributed by atoms with Crippen molar-refractivity contribution in [3.8, 4) is 0 Å². The Morgan fingerprint density at radius 1 is 0.472 bits per heavy atom. The average Bonchev–Trinajstić information content (AvgIpc) is 2.87. The molecule has 0 N–H and O–H groups in total. The molecule has 0 spiro atoms. The van der Waals surface area contributed by atoms with Gasteiger partial charge in [0.25, 0.3) is 0 Å². The molecule has 4 heteroatoms. The lowest BCUT2D eigenvalue weighted by Gasteiger charge is -2.39. The average molecular weight is 731 g/mol.